The van der Waals surface area contributed by atoms with Crippen molar-refractivity contribution in [2.24, 2.45) is 16.7 Å². The molecular formula is C27H48O. The first-order chi connectivity index (χ1) is 12.6. The molecule has 0 unspecified atom stereocenters. The largest absolute Gasteiger partial charge is 0.396 e. The predicted molar refractivity (Wildman–Crippen MR) is 125 cm³/mol. The SMILES string of the molecule is CC(C)CCCC(C)(C)c1cc(CC(C)(C)C)c(CCO)c(CC(C)(C)C)c1. The molecule has 0 aromatic heterocycles. The molecule has 0 atom stereocenters. The highest BCUT2D eigenvalue weighted by Gasteiger charge is 2.26. The summed E-state index contributed by atoms with van der Waals surface area (Å²) in [5.41, 5.74) is 6.45. The second kappa shape index (κ2) is 9.79. The molecule has 0 amide bonds. The number of aliphatic hydroxyl groups is 1. The van der Waals surface area contributed by atoms with E-state index in [2.05, 4.69) is 81.4 Å². The van der Waals surface area contributed by atoms with Crippen LogP contribution in [0.4, 0.5) is 0 Å². The lowest BCUT2D eigenvalue weighted by Gasteiger charge is -2.31. The van der Waals surface area contributed by atoms with Gasteiger partial charge in [0.05, 0.1) is 0 Å². The fraction of sp³-hybridized carbons (Fsp3) is 0.778. The minimum Gasteiger partial charge on any atom is -0.396 e. The molecule has 0 aliphatic rings. The molecule has 28 heavy (non-hydrogen) atoms. The molecule has 0 radical (unpaired) electrons. The van der Waals surface area contributed by atoms with Gasteiger partial charge >= 0.3 is 0 Å². The van der Waals surface area contributed by atoms with E-state index in [1.54, 1.807) is 0 Å². The predicted octanol–water partition coefficient (Wildman–Crippen LogP) is 7.50. The Hall–Kier alpha value is -0.820. The van der Waals surface area contributed by atoms with Gasteiger partial charge in [0, 0.05) is 6.61 Å². The van der Waals surface area contributed by atoms with Crippen molar-refractivity contribution in [3.05, 3.63) is 34.4 Å². The van der Waals surface area contributed by atoms with Crippen LogP contribution in [0.1, 0.15) is 111 Å². The molecular weight excluding hydrogens is 340 g/mol. The Morgan fingerprint density at radius 1 is 0.821 bits per heavy atom. The van der Waals surface area contributed by atoms with Crippen LogP contribution in [0.3, 0.4) is 0 Å². The summed E-state index contributed by atoms with van der Waals surface area (Å²) in [7, 11) is 0. The number of hydrogen-bond donors (Lipinski definition) is 1. The fourth-order valence-corrected chi connectivity index (χ4v) is 4.18. The van der Waals surface area contributed by atoms with Crippen LogP contribution in [0.15, 0.2) is 12.1 Å². The van der Waals surface area contributed by atoms with Gasteiger partial charge in [-0.05, 0) is 70.1 Å². The summed E-state index contributed by atoms with van der Waals surface area (Å²) in [4.78, 5) is 0. The highest BCUT2D eigenvalue weighted by molar-refractivity contribution is 5.43. The van der Waals surface area contributed by atoms with Gasteiger partial charge in [0.15, 0.2) is 0 Å². The topological polar surface area (TPSA) is 20.2 Å². The van der Waals surface area contributed by atoms with Gasteiger partial charge in [-0.15, -0.1) is 0 Å². The maximum atomic E-state index is 9.76. The Balaban J connectivity index is 3.43. The molecule has 1 N–H and O–H groups in total. The van der Waals surface area contributed by atoms with E-state index in [1.807, 2.05) is 0 Å². The number of benzene rings is 1. The van der Waals surface area contributed by atoms with Gasteiger partial charge in [-0.25, -0.2) is 0 Å². The van der Waals surface area contributed by atoms with Gasteiger partial charge in [0.2, 0.25) is 0 Å². The van der Waals surface area contributed by atoms with Crippen LogP contribution >= 0.6 is 0 Å². The van der Waals surface area contributed by atoms with Crippen molar-refractivity contribution in [3.63, 3.8) is 0 Å². The lowest BCUT2D eigenvalue weighted by atomic mass is 9.74. The molecule has 0 spiro atoms. The van der Waals surface area contributed by atoms with E-state index in [-0.39, 0.29) is 22.9 Å². The molecule has 0 saturated heterocycles. The van der Waals surface area contributed by atoms with Crippen LogP contribution in [0.2, 0.25) is 0 Å². The van der Waals surface area contributed by atoms with Crippen LogP contribution in [0, 0.1) is 16.7 Å². The molecule has 1 nitrogen and oxygen atoms in total. The van der Waals surface area contributed by atoms with Crippen molar-refractivity contribution < 1.29 is 5.11 Å². The van der Waals surface area contributed by atoms with E-state index in [1.165, 1.54) is 41.5 Å². The van der Waals surface area contributed by atoms with Crippen molar-refractivity contribution in [3.8, 4) is 0 Å². The van der Waals surface area contributed by atoms with E-state index >= 15 is 0 Å². The van der Waals surface area contributed by atoms with E-state index in [0.717, 1.165) is 25.2 Å². The summed E-state index contributed by atoms with van der Waals surface area (Å²) >= 11 is 0. The Kier molecular flexibility index (Phi) is 8.82. The van der Waals surface area contributed by atoms with Crippen LogP contribution in [0.25, 0.3) is 0 Å². The van der Waals surface area contributed by atoms with E-state index in [4.69, 9.17) is 0 Å². The van der Waals surface area contributed by atoms with Gasteiger partial charge in [-0.1, -0.05) is 94.2 Å². The number of hydrogen-bond acceptors (Lipinski definition) is 1. The Bertz CT molecular complexity index is 571. The minimum atomic E-state index is 0.186. The highest BCUT2D eigenvalue weighted by atomic mass is 16.2. The molecule has 1 aromatic rings. The highest BCUT2D eigenvalue weighted by Crippen LogP contribution is 2.36. The van der Waals surface area contributed by atoms with Gasteiger partial charge in [-0.2, -0.15) is 0 Å². The first kappa shape index (κ1) is 25.2. The summed E-state index contributed by atoms with van der Waals surface area (Å²) in [6, 6.07) is 4.94. The van der Waals surface area contributed by atoms with Crippen molar-refractivity contribution in [1.82, 2.24) is 0 Å². The molecule has 0 saturated carbocycles. The third kappa shape index (κ3) is 8.68. The minimum absolute atomic E-state index is 0.186. The van der Waals surface area contributed by atoms with Crippen LogP contribution in [-0.2, 0) is 24.7 Å². The maximum absolute atomic E-state index is 9.76. The quantitative estimate of drug-likeness (QED) is 0.464. The van der Waals surface area contributed by atoms with Crippen molar-refractivity contribution >= 4 is 0 Å². The molecule has 0 aliphatic carbocycles. The first-order valence-electron chi connectivity index (χ1n) is 11.4. The smallest absolute Gasteiger partial charge is 0.0471 e. The van der Waals surface area contributed by atoms with Crippen molar-refractivity contribution in [2.75, 3.05) is 6.61 Å². The van der Waals surface area contributed by atoms with Crippen LogP contribution in [-0.4, -0.2) is 11.7 Å². The Morgan fingerprint density at radius 3 is 1.64 bits per heavy atom. The zero-order valence-electron chi connectivity index (χ0n) is 20.6. The number of rotatable bonds is 9. The van der Waals surface area contributed by atoms with E-state index in [0.29, 0.717) is 0 Å². The second-order valence-electron chi connectivity index (χ2n) is 12.4. The molecule has 1 rings (SSSR count). The summed E-state index contributed by atoms with van der Waals surface area (Å²) in [6.07, 6.45) is 6.71. The normalized spacial score (nSPS) is 13.4. The summed E-state index contributed by atoms with van der Waals surface area (Å²) in [5.74, 6) is 0.774. The molecule has 0 bridgehead atoms. The summed E-state index contributed by atoms with van der Waals surface area (Å²) < 4.78 is 0. The summed E-state index contributed by atoms with van der Waals surface area (Å²) in [5, 5.41) is 9.76. The molecule has 0 fully saturated rings. The number of aliphatic hydroxyl groups excluding tert-OH is 1. The van der Waals surface area contributed by atoms with Gasteiger partial charge < -0.3 is 5.11 Å². The molecule has 0 aliphatic heterocycles. The van der Waals surface area contributed by atoms with Gasteiger partial charge in [-0.3, -0.25) is 0 Å². The Morgan fingerprint density at radius 2 is 1.29 bits per heavy atom. The van der Waals surface area contributed by atoms with Crippen LogP contribution < -0.4 is 0 Å². The Labute approximate surface area is 176 Å². The third-order valence-corrected chi connectivity index (χ3v) is 5.60. The van der Waals surface area contributed by atoms with Gasteiger partial charge in [0.1, 0.15) is 0 Å². The third-order valence-electron chi connectivity index (χ3n) is 5.60. The van der Waals surface area contributed by atoms with Crippen LogP contribution in [0.5, 0.6) is 0 Å². The summed E-state index contributed by atoms with van der Waals surface area (Å²) in [6.45, 7) is 23.6. The molecule has 162 valence electrons. The van der Waals surface area contributed by atoms with Crippen molar-refractivity contribution in [1.29, 1.82) is 0 Å². The second-order valence-corrected chi connectivity index (χ2v) is 12.4. The fourth-order valence-electron chi connectivity index (χ4n) is 4.18. The van der Waals surface area contributed by atoms with Crippen molar-refractivity contribution in [2.45, 2.75) is 113 Å². The lowest BCUT2D eigenvalue weighted by molar-refractivity contribution is 0.297. The molecule has 1 aromatic carbocycles. The molecule has 0 heterocycles. The van der Waals surface area contributed by atoms with E-state index in [9.17, 15) is 5.11 Å². The maximum Gasteiger partial charge on any atom is 0.0471 e. The standard InChI is InChI=1S/C27H48O/c1-20(2)12-11-14-27(9,10)23-16-21(18-25(3,4)5)24(13-15-28)22(17-23)19-26(6,7)8/h16-17,20,28H,11-15,18-19H2,1-10H3. The zero-order chi connectivity index (χ0) is 21.8. The average Bonchev–Trinajstić information content (AvgIpc) is 2.46. The van der Waals surface area contributed by atoms with Gasteiger partial charge in [0.25, 0.3) is 0 Å². The lowest BCUT2D eigenvalue weighted by Crippen LogP contribution is -2.22. The zero-order valence-corrected chi connectivity index (χ0v) is 20.6. The molecule has 1 heteroatoms. The first-order valence-corrected chi connectivity index (χ1v) is 11.4. The average molecular weight is 389 g/mol. The van der Waals surface area contributed by atoms with E-state index < -0.39 is 0 Å². The monoisotopic (exact) mass is 388 g/mol.